The van der Waals surface area contributed by atoms with Crippen LogP contribution < -0.4 is 5.11 Å². The lowest BCUT2D eigenvalue weighted by Gasteiger charge is -2.39. The number of carbonyl (C=O) groups excluding carboxylic acids is 1. The monoisotopic (exact) mass is 364 g/mol. The summed E-state index contributed by atoms with van der Waals surface area (Å²) in [5.41, 5.74) is 0.157. The SMILES string of the molecule is CCCC[N+](CCCC)(CCCC)CCCC.O=C([O-])c1ccncc1. The summed E-state index contributed by atoms with van der Waals surface area (Å²) in [6.45, 7) is 15.0. The van der Waals surface area contributed by atoms with Crippen molar-refractivity contribution in [1.29, 1.82) is 0 Å². The average molecular weight is 365 g/mol. The maximum absolute atomic E-state index is 10.1. The first-order valence-electron chi connectivity index (χ1n) is 10.5. The molecular formula is C22H40N2O2. The second kappa shape index (κ2) is 15.8. The number of nitrogens with zero attached hydrogens (tertiary/aromatic N) is 2. The van der Waals surface area contributed by atoms with Crippen LogP contribution in [0.15, 0.2) is 24.5 Å². The van der Waals surface area contributed by atoms with Crippen LogP contribution in [0.5, 0.6) is 0 Å². The van der Waals surface area contributed by atoms with Crippen LogP contribution in [0.25, 0.3) is 0 Å². The van der Waals surface area contributed by atoms with E-state index >= 15 is 0 Å². The maximum Gasteiger partial charge on any atom is 0.0786 e. The average Bonchev–Trinajstić information content (AvgIpc) is 2.68. The number of carbonyl (C=O) groups is 1. The minimum absolute atomic E-state index is 0.157. The fourth-order valence-corrected chi connectivity index (χ4v) is 3.13. The van der Waals surface area contributed by atoms with E-state index in [1.807, 2.05) is 0 Å². The van der Waals surface area contributed by atoms with Crippen molar-refractivity contribution in [3.63, 3.8) is 0 Å². The van der Waals surface area contributed by atoms with E-state index in [9.17, 15) is 9.90 Å². The second-order valence-corrected chi connectivity index (χ2v) is 7.17. The minimum atomic E-state index is -1.17. The van der Waals surface area contributed by atoms with Crippen molar-refractivity contribution < 1.29 is 14.4 Å². The first kappa shape index (κ1) is 24.6. The number of aromatic nitrogens is 1. The molecular weight excluding hydrogens is 324 g/mol. The van der Waals surface area contributed by atoms with Crippen LogP contribution in [-0.2, 0) is 0 Å². The molecule has 150 valence electrons. The first-order valence-corrected chi connectivity index (χ1v) is 10.5. The Morgan fingerprint density at radius 1 is 0.808 bits per heavy atom. The first-order chi connectivity index (χ1) is 12.5. The summed E-state index contributed by atoms with van der Waals surface area (Å²) < 4.78 is 1.42. The van der Waals surface area contributed by atoms with Crippen molar-refractivity contribution in [3.05, 3.63) is 30.1 Å². The summed E-state index contributed by atoms with van der Waals surface area (Å²) in [4.78, 5) is 13.7. The van der Waals surface area contributed by atoms with Gasteiger partial charge in [0.2, 0.25) is 0 Å². The van der Waals surface area contributed by atoms with Crippen molar-refractivity contribution >= 4 is 5.97 Å². The smallest absolute Gasteiger partial charge is 0.0786 e. The zero-order valence-corrected chi connectivity index (χ0v) is 17.5. The van der Waals surface area contributed by atoms with E-state index in [1.165, 1.54) is 107 Å². The molecule has 1 aromatic heterocycles. The Kier molecular flexibility index (Phi) is 14.9. The van der Waals surface area contributed by atoms with E-state index in [4.69, 9.17) is 0 Å². The highest BCUT2D eigenvalue weighted by Crippen LogP contribution is 2.16. The van der Waals surface area contributed by atoms with Gasteiger partial charge in [-0.3, -0.25) is 4.98 Å². The lowest BCUT2D eigenvalue weighted by atomic mass is 10.1. The van der Waals surface area contributed by atoms with Gasteiger partial charge in [-0.05, 0) is 37.8 Å². The van der Waals surface area contributed by atoms with Crippen molar-refractivity contribution in [2.45, 2.75) is 79.1 Å². The van der Waals surface area contributed by atoms with Crippen LogP contribution in [0.1, 0.15) is 89.4 Å². The maximum atomic E-state index is 10.1. The Balaban J connectivity index is 0.000000577. The summed E-state index contributed by atoms with van der Waals surface area (Å²) in [5, 5.41) is 10.1. The van der Waals surface area contributed by atoms with E-state index in [1.54, 1.807) is 0 Å². The Bertz CT molecular complexity index is 411. The molecule has 0 aliphatic heterocycles. The Morgan fingerprint density at radius 3 is 1.38 bits per heavy atom. The van der Waals surface area contributed by atoms with Crippen LogP contribution in [0.2, 0.25) is 0 Å². The van der Waals surface area contributed by atoms with Gasteiger partial charge in [0.1, 0.15) is 0 Å². The van der Waals surface area contributed by atoms with Gasteiger partial charge < -0.3 is 14.4 Å². The molecule has 1 heterocycles. The molecule has 0 fully saturated rings. The zero-order valence-electron chi connectivity index (χ0n) is 17.5. The molecule has 26 heavy (non-hydrogen) atoms. The summed E-state index contributed by atoms with van der Waals surface area (Å²) >= 11 is 0. The number of pyridine rings is 1. The molecule has 0 N–H and O–H groups in total. The highest BCUT2D eigenvalue weighted by atomic mass is 16.4. The van der Waals surface area contributed by atoms with Crippen molar-refractivity contribution in [1.82, 2.24) is 4.98 Å². The van der Waals surface area contributed by atoms with E-state index in [-0.39, 0.29) is 5.56 Å². The molecule has 0 aromatic carbocycles. The molecule has 0 radical (unpaired) electrons. The van der Waals surface area contributed by atoms with Crippen molar-refractivity contribution in [2.75, 3.05) is 26.2 Å². The number of hydrogen-bond acceptors (Lipinski definition) is 3. The molecule has 0 unspecified atom stereocenters. The van der Waals surface area contributed by atoms with Gasteiger partial charge in [-0.25, -0.2) is 0 Å². The summed E-state index contributed by atoms with van der Waals surface area (Å²) in [5.74, 6) is -1.17. The van der Waals surface area contributed by atoms with Gasteiger partial charge in [-0.1, -0.05) is 53.4 Å². The number of carboxylic acids is 1. The van der Waals surface area contributed by atoms with Crippen LogP contribution >= 0.6 is 0 Å². The predicted octanol–water partition coefficient (Wildman–Crippen LogP) is 4.45. The van der Waals surface area contributed by atoms with Crippen molar-refractivity contribution in [3.8, 4) is 0 Å². The molecule has 1 aromatic rings. The van der Waals surface area contributed by atoms with Gasteiger partial charge in [0.05, 0.1) is 32.1 Å². The zero-order chi connectivity index (χ0) is 19.7. The molecule has 1 rings (SSSR count). The Morgan fingerprint density at radius 2 is 1.15 bits per heavy atom. The molecule has 4 heteroatoms. The second-order valence-electron chi connectivity index (χ2n) is 7.17. The molecule has 0 aliphatic rings. The van der Waals surface area contributed by atoms with Crippen molar-refractivity contribution in [2.24, 2.45) is 0 Å². The number of rotatable bonds is 13. The predicted molar refractivity (Wildman–Crippen MR) is 108 cm³/mol. The lowest BCUT2D eigenvalue weighted by molar-refractivity contribution is -0.929. The molecule has 0 aliphatic carbocycles. The van der Waals surface area contributed by atoms with Gasteiger partial charge in [0, 0.05) is 18.0 Å². The van der Waals surface area contributed by atoms with Gasteiger partial charge in [0.25, 0.3) is 0 Å². The highest BCUT2D eigenvalue weighted by molar-refractivity contribution is 5.85. The molecule has 0 spiro atoms. The third kappa shape index (κ3) is 11.2. The van der Waals surface area contributed by atoms with Crippen LogP contribution in [0.4, 0.5) is 0 Å². The number of unbranched alkanes of at least 4 members (excludes halogenated alkanes) is 4. The third-order valence-electron chi connectivity index (χ3n) is 4.86. The molecule has 0 bridgehead atoms. The molecule has 0 saturated carbocycles. The lowest BCUT2D eigenvalue weighted by Crippen LogP contribution is -2.50. The number of aromatic carboxylic acids is 1. The van der Waals surface area contributed by atoms with E-state index < -0.39 is 5.97 Å². The van der Waals surface area contributed by atoms with Crippen LogP contribution in [-0.4, -0.2) is 41.6 Å². The topological polar surface area (TPSA) is 53.0 Å². The van der Waals surface area contributed by atoms with Gasteiger partial charge in [-0.15, -0.1) is 0 Å². The third-order valence-corrected chi connectivity index (χ3v) is 4.86. The summed E-state index contributed by atoms with van der Waals surface area (Å²) in [6, 6.07) is 2.77. The summed E-state index contributed by atoms with van der Waals surface area (Å²) in [7, 11) is 0. The molecule has 0 saturated heterocycles. The fraction of sp³-hybridized carbons (Fsp3) is 0.727. The Hall–Kier alpha value is -1.42. The normalized spacial score (nSPS) is 10.9. The van der Waals surface area contributed by atoms with Crippen LogP contribution in [0, 0.1) is 0 Å². The van der Waals surface area contributed by atoms with E-state index in [0.717, 1.165) is 0 Å². The number of hydrogen-bond donors (Lipinski definition) is 0. The van der Waals surface area contributed by atoms with E-state index in [2.05, 4.69) is 32.7 Å². The van der Waals surface area contributed by atoms with E-state index in [0.29, 0.717) is 0 Å². The van der Waals surface area contributed by atoms with Crippen LogP contribution in [0.3, 0.4) is 0 Å². The van der Waals surface area contributed by atoms with Gasteiger partial charge in [-0.2, -0.15) is 0 Å². The number of carboxylic acid groups (broad SMARTS) is 1. The van der Waals surface area contributed by atoms with Gasteiger partial charge in [0.15, 0.2) is 0 Å². The standard InChI is InChI=1S/C16H36N.C6H5NO2/c1-5-9-13-17(14-10-6-2,15-11-7-3)16-12-8-4;8-6(9)5-1-3-7-4-2-5/h5-16H2,1-4H3;1-4H,(H,8,9)/q+1;/p-1. The largest absolute Gasteiger partial charge is 0.545 e. The number of quaternary nitrogens is 1. The molecule has 0 amide bonds. The summed E-state index contributed by atoms with van der Waals surface area (Å²) in [6.07, 6.45) is 13.9. The molecule has 4 nitrogen and oxygen atoms in total. The fourth-order valence-electron chi connectivity index (χ4n) is 3.13. The van der Waals surface area contributed by atoms with Gasteiger partial charge >= 0.3 is 0 Å². The minimum Gasteiger partial charge on any atom is -0.545 e. The Labute approximate surface area is 161 Å². The molecule has 0 atom stereocenters. The highest BCUT2D eigenvalue weighted by Gasteiger charge is 2.24. The quantitative estimate of drug-likeness (QED) is 0.486.